The zero-order chi connectivity index (χ0) is 13.1. The molecule has 3 nitrogen and oxygen atoms in total. The minimum Gasteiger partial charge on any atom is -0.505 e. The molecule has 1 aliphatic heterocycles. The first-order valence-electron chi connectivity index (χ1n) is 6.57. The summed E-state index contributed by atoms with van der Waals surface area (Å²) in [6.07, 6.45) is 3.60. The van der Waals surface area contributed by atoms with E-state index in [-0.39, 0.29) is 5.75 Å². The lowest BCUT2D eigenvalue weighted by Crippen LogP contribution is -2.51. The molecule has 0 bridgehead atoms. The number of phenols is 1. The monoisotopic (exact) mass is 252 g/mol. The molecular formula is C14H21FN2O. The zero-order valence-corrected chi connectivity index (χ0v) is 11.0. The van der Waals surface area contributed by atoms with E-state index >= 15 is 0 Å². The number of piperidine rings is 1. The van der Waals surface area contributed by atoms with Crippen LogP contribution in [-0.4, -0.2) is 22.2 Å². The van der Waals surface area contributed by atoms with Crippen LogP contribution in [0.1, 0.15) is 38.7 Å². The van der Waals surface area contributed by atoms with Gasteiger partial charge in [-0.25, -0.2) is 9.40 Å². The maximum atomic E-state index is 13.2. The van der Waals surface area contributed by atoms with Gasteiger partial charge in [0.25, 0.3) is 0 Å². The average molecular weight is 252 g/mol. The Hall–Kier alpha value is -1.13. The average Bonchev–Trinajstić information content (AvgIpc) is 2.33. The molecule has 0 radical (unpaired) electrons. The third-order valence-electron chi connectivity index (χ3n) is 3.72. The van der Waals surface area contributed by atoms with E-state index in [1.807, 2.05) is 0 Å². The fraction of sp³-hybridized carbons (Fsp3) is 0.571. The second kappa shape index (κ2) is 5.67. The van der Waals surface area contributed by atoms with E-state index in [4.69, 9.17) is 0 Å². The number of hydrazine groups is 1. The molecule has 2 atom stereocenters. The first kappa shape index (κ1) is 13.3. The molecule has 0 spiro atoms. The van der Waals surface area contributed by atoms with Crippen molar-refractivity contribution >= 4 is 0 Å². The van der Waals surface area contributed by atoms with Gasteiger partial charge in [0.15, 0.2) is 11.6 Å². The third-order valence-corrected chi connectivity index (χ3v) is 3.72. The first-order chi connectivity index (χ1) is 8.59. The molecule has 1 aromatic rings. The van der Waals surface area contributed by atoms with Gasteiger partial charge in [-0.15, -0.1) is 0 Å². The van der Waals surface area contributed by atoms with Crippen molar-refractivity contribution in [2.75, 3.05) is 0 Å². The molecule has 4 heteroatoms. The van der Waals surface area contributed by atoms with E-state index in [0.29, 0.717) is 24.2 Å². The van der Waals surface area contributed by atoms with E-state index in [1.165, 1.54) is 25.3 Å². The van der Waals surface area contributed by atoms with Crippen LogP contribution in [0.2, 0.25) is 0 Å². The topological polar surface area (TPSA) is 35.5 Å². The zero-order valence-electron chi connectivity index (χ0n) is 11.0. The number of benzene rings is 1. The molecule has 2 rings (SSSR count). The van der Waals surface area contributed by atoms with Crippen LogP contribution in [0, 0.1) is 5.82 Å². The van der Waals surface area contributed by atoms with Gasteiger partial charge < -0.3 is 5.11 Å². The van der Waals surface area contributed by atoms with Crippen molar-refractivity contribution in [3.8, 4) is 5.75 Å². The van der Waals surface area contributed by atoms with Gasteiger partial charge in [0, 0.05) is 24.2 Å². The van der Waals surface area contributed by atoms with Crippen molar-refractivity contribution in [3.63, 3.8) is 0 Å². The molecule has 18 heavy (non-hydrogen) atoms. The van der Waals surface area contributed by atoms with Crippen LogP contribution in [0.3, 0.4) is 0 Å². The van der Waals surface area contributed by atoms with E-state index in [9.17, 15) is 9.50 Å². The maximum absolute atomic E-state index is 13.2. The maximum Gasteiger partial charge on any atom is 0.165 e. The molecule has 100 valence electrons. The third kappa shape index (κ3) is 2.82. The standard InChI is InChI=1S/C14H21FN2O/c1-10-5-3-6-11(2)17(10)16-9-12-7-4-8-13(15)14(12)18/h4,7-8,10-11,16,18H,3,5-6,9H2,1-2H3. The van der Waals surface area contributed by atoms with E-state index in [1.54, 1.807) is 12.1 Å². The Morgan fingerprint density at radius 3 is 2.67 bits per heavy atom. The molecule has 1 heterocycles. The number of rotatable bonds is 3. The lowest BCUT2D eigenvalue weighted by Gasteiger charge is -2.39. The van der Waals surface area contributed by atoms with E-state index in [0.717, 1.165) is 0 Å². The van der Waals surface area contributed by atoms with Gasteiger partial charge in [-0.3, -0.25) is 5.43 Å². The van der Waals surface area contributed by atoms with Gasteiger partial charge in [0.1, 0.15) is 0 Å². The van der Waals surface area contributed by atoms with Crippen LogP contribution in [0.25, 0.3) is 0 Å². The van der Waals surface area contributed by atoms with Crippen molar-refractivity contribution in [2.45, 2.75) is 51.7 Å². The summed E-state index contributed by atoms with van der Waals surface area (Å²) in [6, 6.07) is 5.58. The smallest absolute Gasteiger partial charge is 0.165 e. The summed E-state index contributed by atoms with van der Waals surface area (Å²) in [5.41, 5.74) is 3.91. The minimum absolute atomic E-state index is 0.248. The second-order valence-electron chi connectivity index (χ2n) is 5.12. The molecule has 1 fully saturated rings. The van der Waals surface area contributed by atoms with Crippen LogP contribution in [0.4, 0.5) is 4.39 Å². The van der Waals surface area contributed by atoms with E-state index in [2.05, 4.69) is 24.3 Å². The predicted octanol–water partition coefficient (Wildman–Crippen LogP) is 2.80. The summed E-state index contributed by atoms with van der Waals surface area (Å²) >= 11 is 0. The summed E-state index contributed by atoms with van der Waals surface area (Å²) in [4.78, 5) is 0. The number of nitrogens with one attached hydrogen (secondary N) is 1. The Balaban J connectivity index is 2.00. The van der Waals surface area contributed by atoms with Crippen molar-refractivity contribution in [3.05, 3.63) is 29.6 Å². The highest BCUT2D eigenvalue weighted by Crippen LogP contribution is 2.23. The summed E-state index contributed by atoms with van der Waals surface area (Å²) in [5.74, 6) is -0.809. The normalized spacial score (nSPS) is 25.3. The molecular weight excluding hydrogens is 231 g/mol. The Bertz CT molecular complexity index is 401. The quantitative estimate of drug-likeness (QED) is 0.868. The second-order valence-corrected chi connectivity index (χ2v) is 5.12. The number of hydrogen-bond donors (Lipinski definition) is 2. The van der Waals surface area contributed by atoms with Crippen molar-refractivity contribution < 1.29 is 9.50 Å². The molecule has 0 saturated carbocycles. The molecule has 2 unspecified atom stereocenters. The van der Waals surface area contributed by atoms with Gasteiger partial charge in [0.2, 0.25) is 0 Å². The van der Waals surface area contributed by atoms with Crippen LogP contribution in [-0.2, 0) is 6.54 Å². The SMILES string of the molecule is CC1CCCC(C)N1NCc1cccc(F)c1O. The number of hydrogen-bond acceptors (Lipinski definition) is 3. The highest BCUT2D eigenvalue weighted by atomic mass is 19.1. The molecule has 2 N–H and O–H groups in total. The summed E-state index contributed by atoms with van der Waals surface area (Å²) in [5, 5.41) is 11.8. The summed E-state index contributed by atoms with van der Waals surface area (Å²) in [6.45, 7) is 4.83. The van der Waals surface area contributed by atoms with Crippen LogP contribution >= 0.6 is 0 Å². The van der Waals surface area contributed by atoms with Crippen LogP contribution < -0.4 is 5.43 Å². The Morgan fingerprint density at radius 1 is 1.33 bits per heavy atom. The molecule has 0 aliphatic carbocycles. The highest BCUT2D eigenvalue weighted by Gasteiger charge is 2.24. The lowest BCUT2D eigenvalue weighted by molar-refractivity contribution is 0.0432. The number of halogens is 1. The number of phenolic OH excluding ortho intramolecular Hbond substituents is 1. The van der Waals surface area contributed by atoms with Gasteiger partial charge >= 0.3 is 0 Å². The Morgan fingerprint density at radius 2 is 2.00 bits per heavy atom. The number of aromatic hydroxyl groups is 1. The highest BCUT2D eigenvalue weighted by molar-refractivity contribution is 5.33. The van der Waals surface area contributed by atoms with Crippen molar-refractivity contribution in [2.24, 2.45) is 0 Å². The molecule has 1 aromatic carbocycles. The lowest BCUT2D eigenvalue weighted by atomic mass is 10.00. The molecule has 0 amide bonds. The Labute approximate surface area is 108 Å². The van der Waals surface area contributed by atoms with Gasteiger partial charge in [-0.1, -0.05) is 18.6 Å². The Kier molecular flexibility index (Phi) is 4.19. The van der Waals surface area contributed by atoms with E-state index < -0.39 is 5.82 Å². The van der Waals surface area contributed by atoms with Gasteiger partial charge in [-0.2, -0.15) is 0 Å². The molecule has 1 aliphatic rings. The fourth-order valence-electron chi connectivity index (χ4n) is 2.61. The minimum atomic E-state index is -0.561. The molecule has 1 saturated heterocycles. The van der Waals surface area contributed by atoms with Gasteiger partial charge in [0.05, 0.1) is 0 Å². The van der Waals surface area contributed by atoms with Crippen LogP contribution in [0.15, 0.2) is 18.2 Å². The summed E-state index contributed by atoms with van der Waals surface area (Å²) in [7, 11) is 0. The molecule has 0 aromatic heterocycles. The number of nitrogens with zero attached hydrogens (tertiary/aromatic N) is 1. The first-order valence-corrected chi connectivity index (χ1v) is 6.57. The largest absolute Gasteiger partial charge is 0.505 e. The van der Waals surface area contributed by atoms with Crippen LogP contribution in [0.5, 0.6) is 5.75 Å². The summed E-state index contributed by atoms with van der Waals surface area (Å²) < 4.78 is 13.2. The fourth-order valence-corrected chi connectivity index (χ4v) is 2.61. The van der Waals surface area contributed by atoms with Gasteiger partial charge in [-0.05, 0) is 32.8 Å². The predicted molar refractivity (Wildman–Crippen MR) is 69.5 cm³/mol. The van der Waals surface area contributed by atoms with Crippen molar-refractivity contribution in [1.29, 1.82) is 0 Å². The van der Waals surface area contributed by atoms with Crippen molar-refractivity contribution in [1.82, 2.24) is 10.4 Å². The number of para-hydroxylation sites is 1.